The fraction of sp³-hybridized carbons (Fsp3) is 0.190. The van der Waals surface area contributed by atoms with E-state index >= 15 is 0 Å². The van der Waals surface area contributed by atoms with Crippen LogP contribution in [0.4, 0.5) is 5.69 Å². The molecule has 11 nitrogen and oxygen atoms in total. The van der Waals surface area contributed by atoms with E-state index in [0.29, 0.717) is 46.0 Å². The van der Waals surface area contributed by atoms with Gasteiger partial charge >= 0.3 is 0 Å². The highest BCUT2D eigenvalue weighted by atomic mass is 35.5. The number of fused-ring (bicyclic) bond motifs is 5. The number of benzene rings is 5. The van der Waals surface area contributed by atoms with E-state index in [0.717, 1.165) is 74.6 Å². The summed E-state index contributed by atoms with van der Waals surface area (Å²) >= 11 is 6.02. The fourth-order valence-electron chi connectivity index (χ4n) is 7.23. The second-order valence-electron chi connectivity index (χ2n) is 13.3. The number of methoxy groups -OCH3 is 1. The number of non-ortho nitro benzene ring substituents is 1. The maximum atomic E-state index is 13.4. The normalized spacial score (nSPS) is 12.1. The van der Waals surface area contributed by atoms with Crippen molar-refractivity contribution < 1.29 is 19.2 Å². The molecular weight excluding hydrogens is 704 g/mol. The van der Waals surface area contributed by atoms with Crippen molar-refractivity contribution in [3.63, 3.8) is 0 Å². The number of carbonyl (C=O) groups is 2. The highest BCUT2D eigenvalue weighted by Gasteiger charge is 2.19. The van der Waals surface area contributed by atoms with Gasteiger partial charge in [-0.05, 0) is 73.0 Å². The molecule has 8 aromatic rings. The minimum absolute atomic E-state index is 0.0173. The first-order valence-electron chi connectivity index (χ1n) is 17.8. The van der Waals surface area contributed by atoms with Gasteiger partial charge in [0.25, 0.3) is 11.6 Å². The Kier molecular flexibility index (Phi) is 9.39. The minimum Gasteiger partial charge on any atom is -0.497 e. The lowest BCUT2D eigenvalue weighted by atomic mass is 10.1. The molecule has 0 aliphatic heterocycles. The molecule has 2 N–H and O–H groups in total. The molecule has 8 rings (SSSR count). The van der Waals surface area contributed by atoms with E-state index in [-0.39, 0.29) is 23.9 Å². The maximum absolute atomic E-state index is 13.4. The Balaban J connectivity index is 0.878. The third-order valence-electron chi connectivity index (χ3n) is 9.91. The highest BCUT2D eigenvalue weighted by molar-refractivity contribution is 6.30. The zero-order chi connectivity index (χ0) is 37.3. The van der Waals surface area contributed by atoms with Crippen LogP contribution in [0.1, 0.15) is 41.6 Å². The van der Waals surface area contributed by atoms with Gasteiger partial charge < -0.3 is 15.0 Å². The Hall–Kier alpha value is -6.33. The molecule has 2 heterocycles. The molecule has 6 aromatic carbocycles. The smallest absolute Gasteiger partial charge is 0.271 e. The van der Waals surface area contributed by atoms with Crippen molar-refractivity contribution in [2.24, 2.45) is 4.99 Å². The summed E-state index contributed by atoms with van der Waals surface area (Å²) in [7, 11) is 1.59. The Morgan fingerprint density at radius 2 is 1.74 bits per heavy atom. The van der Waals surface area contributed by atoms with Crippen molar-refractivity contribution in [1.29, 1.82) is 0 Å². The van der Waals surface area contributed by atoms with E-state index in [1.807, 2.05) is 30.3 Å². The molecule has 0 fully saturated rings. The Morgan fingerprint density at radius 1 is 0.926 bits per heavy atom. The number of hydrogen-bond acceptors (Lipinski definition) is 7. The second kappa shape index (κ2) is 14.6. The summed E-state index contributed by atoms with van der Waals surface area (Å²) in [6.45, 7) is 1.24. The number of nitro benzene ring substituents is 1. The lowest BCUT2D eigenvalue weighted by Crippen LogP contribution is -2.26. The van der Waals surface area contributed by atoms with E-state index in [1.54, 1.807) is 54.3 Å². The van der Waals surface area contributed by atoms with Crippen LogP contribution in [0.2, 0.25) is 5.02 Å². The quantitative estimate of drug-likeness (QED) is 0.0731. The van der Waals surface area contributed by atoms with Crippen LogP contribution >= 0.6 is 11.6 Å². The van der Waals surface area contributed by atoms with Gasteiger partial charge in [0.2, 0.25) is 5.91 Å². The summed E-state index contributed by atoms with van der Waals surface area (Å²) in [5, 5.41) is 20.8. The van der Waals surface area contributed by atoms with E-state index in [9.17, 15) is 19.7 Å². The number of aromatic nitrogens is 3. The van der Waals surface area contributed by atoms with Gasteiger partial charge in [-0.3, -0.25) is 29.3 Å². The molecule has 0 saturated carbocycles. The van der Waals surface area contributed by atoms with Crippen LogP contribution in [0.3, 0.4) is 0 Å². The van der Waals surface area contributed by atoms with E-state index < -0.39 is 4.92 Å². The number of hydrogen-bond donors (Lipinski definition) is 2. The first-order valence-corrected chi connectivity index (χ1v) is 18.2. The molecule has 0 saturated heterocycles. The summed E-state index contributed by atoms with van der Waals surface area (Å²) in [5.41, 5.74) is 4.92. The predicted molar refractivity (Wildman–Crippen MR) is 212 cm³/mol. The third-order valence-corrected chi connectivity index (χ3v) is 10.2. The zero-order valence-corrected chi connectivity index (χ0v) is 30.2. The lowest BCUT2D eigenvalue weighted by Gasteiger charge is -2.06. The van der Waals surface area contributed by atoms with Crippen LogP contribution in [-0.4, -0.2) is 51.5 Å². The number of rotatable bonds is 12. The van der Waals surface area contributed by atoms with Crippen molar-refractivity contribution in [1.82, 2.24) is 19.9 Å². The topological polar surface area (TPSA) is 145 Å². The molecule has 0 atom stereocenters. The zero-order valence-electron chi connectivity index (χ0n) is 29.4. The average Bonchev–Trinajstić information content (AvgIpc) is 3.70. The van der Waals surface area contributed by atoms with Crippen molar-refractivity contribution in [2.45, 2.75) is 32.1 Å². The molecule has 0 spiro atoms. The standard InChI is InChI=1S/C42H35ClN6O5/c1-54-29-14-18-37-33(23-29)26(24-48(37)42(51)25-9-11-27(43)12-10-25)21-38(50)45-20-5-3-2-4-19-44-34-17-15-32-39-30(34)7-6-8-31(39)40-41(32)47-36-22-28(49(52)53)13-16-35(36)46-40/h6-18,22-24,47H,2-5,19-21H2,1H3,(H,45,50). The number of halogens is 1. The molecule has 2 aromatic heterocycles. The van der Waals surface area contributed by atoms with Gasteiger partial charge in [-0.25, -0.2) is 4.98 Å². The van der Waals surface area contributed by atoms with Gasteiger partial charge in [0.1, 0.15) is 5.75 Å². The molecule has 0 aliphatic rings. The summed E-state index contributed by atoms with van der Waals surface area (Å²) in [5.74, 6) is 0.330. The molecule has 12 heteroatoms. The van der Waals surface area contributed by atoms with Crippen molar-refractivity contribution in [3.8, 4) is 5.75 Å². The number of unbranched alkanes of at least 4 members (excludes halogenated alkanes) is 3. The van der Waals surface area contributed by atoms with Crippen LogP contribution in [0, 0.1) is 10.1 Å². The van der Waals surface area contributed by atoms with Gasteiger partial charge in [0, 0.05) is 68.9 Å². The molecule has 0 bridgehead atoms. The lowest BCUT2D eigenvalue weighted by molar-refractivity contribution is -0.384. The number of ether oxygens (including phenoxy) is 1. The van der Waals surface area contributed by atoms with Gasteiger partial charge in [-0.1, -0.05) is 48.7 Å². The Bertz CT molecular complexity index is 2810. The van der Waals surface area contributed by atoms with Gasteiger partial charge in [0.05, 0.1) is 51.4 Å². The number of carbonyl (C=O) groups excluding carboxylic acids is 2. The first-order chi connectivity index (χ1) is 26.3. The summed E-state index contributed by atoms with van der Waals surface area (Å²) in [4.78, 5) is 50.6. The van der Waals surface area contributed by atoms with E-state index in [1.165, 1.54) is 12.1 Å². The average molecular weight is 739 g/mol. The first kappa shape index (κ1) is 34.7. The number of H-pyrrole nitrogens is 1. The minimum atomic E-state index is -0.404. The highest BCUT2D eigenvalue weighted by Crippen LogP contribution is 2.36. The number of amides is 1. The summed E-state index contributed by atoms with van der Waals surface area (Å²) < 4.78 is 7.00. The van der Waals surface area contributed by atoms with Crippen molar-refractivity contribution in [2.75, 3.05) is 20.2 Å². The van der Waals surface area contributed by atoms with E-state index in [2.05, 4.69) is 22.4 Å². The van der Waals surface area contributed by atoms with Gasteiger partial charge in [0.15, 0.2) is 0 Å². The molecule has 0 aliphatic carbocycles. The summed E-state index contributed by atoms with van der Waals surface area (Å²) in [6.07, 6.45) is 5.56. The predicted octanol–water partition coefficient (Wildman–Crippen LogP) is 8.49. The van der Waals surface area contributed by atoms with Gasteiger partial charge in [-0.15, -0.1) is 0 Å². The van der Waals surface area contributed by atoms with E-state index in [4.69, 9.17) is 26.3 Å². The van der Waals surface area contributed by atoms with Gasteiger partial charge in [-0.2, -0.15) is 0 Å². The third kappa shape index (κ3) is 6.58. The van der Waals surface area contributed by atoms with Crippen LogP contribution in [-0.2, 0) is 11.2 Å². The van der Waals surface area contributed by atoms with Crippen LogP contribution in [0.15, 0.2) is 102 Å². The Labute approximate surface area is 313 Å². The van der Waals surface area contributed by atoms with Crippen LogP contribution in [0.5, 0.6) is 5.75 Å². The monoisotopic (exact) mass is 738 g/mol. The number of aromatic amines is 1. The maximum Gasteiger partial charge on any atom is 0.271 e. The van der Waals surface area contributed by atoms with Crippen LogP contribution < -0.4 is 15.4 Å². The van der Waals surface area contributed by atoms with Crippen LogP contribution in [0.25, 0.3) is 54.5 Å². The second-order valence-corrected chi connectivity index (χ2v) is 13.8. The molecule has 270 valence electrons. The summed E-state index contributed by atoms with van der Waals surface area (Å²) in [6, 6.07) is 27.1. The molecule has 0 unspecified atom stereocenters. The van der Waals surface area contributed by atoms with Crippen molar-refractivity contribution in [3.05, 3.63) is 129 Å². The Morgan fingerprint density at radius 3 is 2.56 bits per heavy atom. The molecule has 1 amide bonds. The molecular formula is C42H35ClN6O5. The molecule has 54 heavy (non-hydrogen) atoms. The number of nitro groups is 1. The largest absolute Gasteiger partial charge is 0.497 e. The van der Waals surface area contributed by atoms with Crippen molar-refractivity contribution >= 4 is 83.6 Å². The fourth-order valence-corrected chi connectivity index (χ4v) is 7.35. The number of nitrogens with zero attached hydrogens (tertiary/aromatic N) is 4. The SMILES string of the molecule is COc1ccc2c(c1)c(CC(=O)NCCCCCCN=c1ccc3c4[nH]c5cc([N+](=O)[O-])ccc5nc4c4cccc1c43)cn2C(=O)c1ccc(Cl)cc1. The number of nitrogens with one attached hydrogen (secondary N) is 2. The molecule has 0 radical (unpaired) electrons.